The molecule has 0 bridgehead atoms. The van der Waals surface area contributed by atoms with Crippen LogP contribution in [0.25, 0.3) is 0 Å². The van der Waals surface area contributed by atoms with Crippen LogP contribution in [0.5, 0.6) is 0 Å². The summed E-state index contributed by atoms with van der Waals surface area (Å²) < 4.78 is 0. The van der Waals surface area contributed by atoms with Crippen molar-refractivity contribution in [2.75, 3.05) is 6.54 Å². The highest BCUT2D eigenvalue weighted by molar-refractivity contribution is 5.21. The number of benzene rings is 1. The van der Waals surface area contributed by atoms with Crippen LogP contribution in [0.2, 0.25) is 0 Å². The van der Waals surface area contributed by atoms with Gasteiger partial charge in [0.15, 0.2) is 0 Å². The molecule has 0 radical (unpaired) electrons. The summed E-state index contributed by atoms with van der Waals surface area (Å²) in [4.78, 5) is 0. The average molecular weight is 273 g/mol. The Morgan fingerprint density at radius 2 is 1.65 bits per heavy atom. The lowest BCUT2D eigenvalue weighted by atomic mass is 9.83. The quantitative estimate of drug-likeness (QED) is 0.765. The molecule has 0 spiro atoms. The molecule has 20 heavy (non-hydrogen) atoms. The van der Waals surface area contributed by atoms with E-state index in [0.29, 0.717) is 6.04 Å². The van der Waals surface area contributed by atoms with Gasteiger partial charge >= 0.3 is 0 Å². The van der Waals surface area contributed by atoms with Crippen molar-refractivity contribution in [3.8, 4) is 0 Å². The van der Waals surface area contributed by atoms with Crippen LogP contribution in [0, 0.1) is 18.8 Å². The first kappa shape index (κ1) is 15.6. The summed E-state index contributed by atoms with van der Waals surface area (Å²) in [5.41, 5.74) is 2.89. The van der Waals surface area contributed by atoms with Gasteiger partial charge in [-0.05, 0) is 50.1 Å². The molecule has 2 atom stereocenters. The zero-order chi connectivity index (χ0) is 14.4. The van der Waals surface area contributed by atoms with E-state index in [-0.39, 0.29) is 0 Å². The SMILES string of the molecule is Cc1ccc(CC2CCCCCC2CNC(C)C)cc1. The van der Waals surface area contributed by atoms with Gasteiger partial charge in [0.05, 0.1) is 0 Å². The fourth-order valence-corrected chi connectivity index (χ4v) is 3.41. The summed E-state index contributed by atoms with van der Waals surface area (Å²) in [6.07, 6.45) is 8.38. The Bertz CT molecular complexity index is 379. The van der Waals surface area contributed by atoms with E-state index in [1.807, 2.05) is 0 Å². The first-order valence-electron chi connectivity index (χ1n) is 8.44. The summed E-state index contributed by atoms with van der Waals surface area (Å²) in [5.74, 6) is 1.73. The van der Waals surface area contributed by atoms with Crippen molar-refractivity contribution in [1.82, 2.24) is 5.32 Å². The van der Waals surface area contributed by atoms with Gasteiger partial charge in [0.2, 0.25) is 0 Å². The summed E-state index contributed by atoms with van der Waals surface area (Å²) >= 11 is 0. The van der Waals surface area contributed by atoms with Crippen LogP contribution in [0.3, 0.4) is 0 Å². The summed E-state index contributed by atoms with van der Waals surface area (Å²) in [6.45, 7) is 7.89. The fraction of sp³-hybridized carbons (Fsp3) is 0.684. The van der Waals surface area contributed by atoms with Gasteiger partial charge in [-0.2, -0.15) is 0 Å². The molecule has 1 nitrogen and oxygen atoms in total. The number of hydrogen-bond acceptors (Lipinski definition) is 1. The molecule has 0 aliphatic heterocycles. The van der Waals surface area contributed by atoms with Crippen molar-refractivity contribution in [3.05, 3.63) is 35.4 Å². The fourth-order valence-electron chi connectivity index (χ4n) is 3.41. The van der Waals surface area contributed by atoms with Gasteiger partial charge in [-0.3, -0.25) is 0 Å². The van der Waals surface area contributed by atoms with E-state index in [1.165, 1.54) is 56.2 Å². The average Bonchev–Trinajstić information content (AvgIpc) is 2.64. The predicted octanol–water partition coefficient (Wildman–Crippen LogP) is 4.73. The molecule has 0 saturated heterocycles. The molecule has 112 valence electrons. The Kier molecular flexibility index (Phi) is 6.09. The minimum Gasteiger partial charge on any atom is -0.314 e. The normalized spacial score (nSPS) is 23.8. The van der Waals surface area contributed by atoms with Crippen molar-refractivity contribution in [3.63, 3.8) is 0 Å². The molecule has 1 fully saturated rings. The second kappa shape index (κ2) is 7.83. The van der Waals surface area contributed by atoms with E-state index >= 15 is 0 Å². The minimum absolute atomic E-state index is 0.610. The van der Waals surface area contributed by atoms with Crippen molar-refractivity contribution >= 4 is 0 Å². The lowest BCUT2D eigenvalue weighted by molar-refractivity contribution is 0.291. The maximum Gasteiger partial charge on any atom is 0.00104 e. The highest BCUT2D eigenvalue weighted by atomic mass is 14.9. The number of aryl methyl sites for hydroxylation is 1. The van der Waals surface area contributed by atoms with Crippen LogP contribution in [0.4, 0.5) is 0 Å². The van der Waals surface area contributed by atoms with Crippen molar-refractivity contribution < 1.29 is 0 Å². The molecule has 2 rings (SSSR count). The van der Waals surface area contributed by atoms with Gasteiger partial charge in [0.25, 0.3) is 0 Å². The molecule has 0 aromatic heterocycles. The van der Waals surface area contributed by atoms with E-state index in [4.69, 9.17) is 0 Å². The summed E-state index contributed by atoms with van der Waals surface area (Å²) in [6, 6.07) is 9.78. The van der Waals surface area contributed by atoms with Gasteiger partial charge in [-0.15, -0.1) is 0 Å². The number of hydrogen-bond donors (Lipinski definition) is 1. The lowest BCUT2D eigenvalue weighted by Gasteiger charge is -2.26. The zero-order valence-electron chi connectivity index (χ0n) is 13.5. The molecule has 0 heterocycles. The molecular formula is C19H31N. The number of nitrogens with one attached hydrogen (secondary N) is 1. The van der Waals surface area contributed by atoms with E-state index in [9.17, 15) is 0 Å². The minimum atomic E-state index is 0.610. The highest BCUT2D eigenvalue weighted by Gasteiger charge is 2.23. The van der Waals surface area contributed by atoms with Gasteiger partial charge in [-0.1, -0.05) is 62.9 Å². The van der Waals surface area contributed by atoms with E-state index < -0.39 is 0 Å². The van der Waals surface area contributed by atoms with Gasteiger partial charge in [0, 0.05) is 6.04 Å². The molecule has 1 aliphatic rings. The van der Waals surface area contributed by atoms with E-state index in [0.717, 1.165) is 11.8 Å². The van der Waals surface area contributed by atoms with Crippen LogP contribution in [0.15, 0.2) is 24.3 Å². The smallest absolute Gasteiger partial charge is 0.00104 e. The van der Waals surface area contributed by atoms with Crippen molar-refractivity contribution in [2.45, 2.75) is 65.3 Å². The third-order valence-corrected chi connectivity index (χ3v) is 4.72. The molecule has 1 saturated carbocycles. The predicted molar refractivity (Wildman–Crippen MR) is 88.1 cm³/mol. The molecule has 0 amide bonds. The van der Waals surface area contributed by atoms with Crippen LogP contribution in [-0.2, 0) is 6.42 Å². The van der Waals surface area contributed by atoms with Gasteiger partial charge < -0.3 is 5.32 Å². The van der Waals surface area contributed by atoms with Gasteiger partial charge in [0.1, 0.15) is 0 Å². The lowest BCUT2D eigenvalue weighted by Crippen LogP contribution is -2.33. The Morgan fingerprint density at radius 1 is 1.00 bits per heavy atom. The molecule has 2 unspecified atom stereocenters. The second-order valence-corrected chi connectivity index (χ2v) is 6.91. The zero-order valence-corrected chi connectivity index (χ0v) is 13.5. The Labute approximate surface area is 125 Å². The van der Waals surface area contributed by atoms with Crippen LogP contribution in [0.1, 0.15) is 57.1 Å². The monoisotopic (exact) mass is 273 g/mol. The maximum absolute atomic E-state index is 3.67. The van der Waals surface area contributed by atoms with E-state index in [1.54, 1.807) is 0 Å². The molecule has 1 N–H and O–H groups in total. The van der Waals surface area contributed by atoms with Crippen molar-refractivity contribution in [1.29, 1.82) is 0 Å². The summed E-state index contributed by atoms with van der Waals surface area (Å²) in [7, 11) is 0. The third kappa shape index (κ3) is 4.94. The molecule has 1 aromatic rings. The maximum atomic E-state index is 3.67. The second-order valence-electron chi connectivity index (χ2n) is 6.91. The Balaban J connectivity index is 1.98. The van der Waals surface area contributed by atoms with E-state index in [2.05, 4.69) is 50.4 Å². The topological polar surface area (TPSA) is 12.0 Å². The Hall–Kier alpha value is -0.820. The largest absolute Gasteiger partial charge is 0.314 e. The number of rotatable bonds is 5. The summed E-state index contributed by atoms with van der Waals surface area (Å²) in [5, 5.41) is 3.67. The van der Waals surface area contributed by atoms with Crippen LogP contribution < -0.4 is 5.32 Å². The molecule has 1 aliphatic carbocycles. The molecule has 1 aromatic carbocycles. The van der Waals surface area contributed by atoms with Gasteiger partial charge in [-0.25, -0.2) is 0 Å². The standard InChI is InChI=1S/C19H31N/c1-15(2)20-14-19-8-6-4-5-7-18(19)13-17-11-9-16(3)10-12-17/h9-12,15,18-20H,4-8,13-14H2,1-3H3. The molecular weight excluding hydrogens is 242 g/mol. The van der Waals surface area contributed by atoms with Crippen LogP contribution in [-0.4, -0.2) is 12.6 Å². The first-order chi connectivity index (χ1) is 9.65. The Morgan fingerprint density at radius 3 is 2.30 bits per heavy atom. The molecule has 1 heteroatoms. The third-order valence-electron chi connectivity index (χ3n) is 4.72. The van der Waals surface area contributed by atoms with Crippen molar-refractivity contribution in [2.24, 2.45) is 11.8 Å². The van der Waals surface area contributed by atoms with Crippen LogP contribution >= 0.6 is 0 Å². The first-order valence-corrected chi connectivity index (χ1v) is 8.44. The highest BCUT2D eigenvalue weighted by Crippen LogP contribution is 2.31.